The molecule has 10 heteroatoms. The number of rotatable bonds is 6. The van der Waals surface area contributed by atoms with Crippen LogP contribution in [0.1, 0.15) is 0 Å². The summed E-state index contributed by atoms with van der Waals surface area (Å²) in [5.41, 5.74) is 2.31. The van der Waals surface area contributed by atoms with E-state index in [1.165, 1.54) is 0 Å². The molecular weight excluding hydrogens is 447 g/mol. The zero-order valence-electron chi connectivity index (χ0n) is 15.8. The van der Waals surface area contributed by atoms with Crippen molar-refractivity contribution in [1.29, 1.82) is 0 Å². The summed E-state index contributed by atoms with van der Waals surface area (Å²) < 4.78 is 11.0. The molecule has 1 fully saturated rings. The summed E-state index contributed by atoms with van der Waals surface area (Å²) in [4.78, 5) is 14.7. The Bertz CT molecular complexity index is 1040. The molecule has 2 aromatic carbocycles. The van der Waals surface area contributed by atoms with E-state index < -0.39 is 0 Å². The maximum absolute atomic E-state index is 12.5. The highest BCUT2D eigenvalue weighted by molar-refractivity contribution is 7.99. The van der Waals surface area contributed by atoms with E-state index in [9.17, 15) is 4.79 Å². The molecule has 1 N–H and O–H groups in total. The molecule has 0 unspecified atom stereocenters. The number of halogens is 2. The van der Waals surface area contributed by atoms with Gasteiger partial charge in [0.25, 0.3) is 5.22 Å². The minimum Gasteiger partial charge on any atom is -0.411 e. The first-order valence-corrected chi connectivity index (χ1v) is 11.0. The summed E-state index contributed by atoms with van der Waals surface area (Å²) in [5, 5.41) is 12.4. The van der Waals surface area contributed by atoms with Crippen LogP contribution in [-0.2, 0) is 9.53 Å². The van der Waals surface area contributed by atoms with Crippen LogP contribution in [0.2, 0.25) is 10.0 Å². The largest absolute Gasteiger partial charge is 0.411 e. The van der Waals surface area contributed by atoms with Gasteiger partial charge in [0.15, 0.2) is 0 Å². The van der Waals surface area contributed by atoms with Gasteiger partial charge in [-0.05, 0) is 36.4 Å². The number of carbonyl (C=O) groups excluding carboxylic acids is 1. The Hall–Kier alpha value is -2.26. The maximum atomic E-state index is 12.5. The number of aromatic nitrogens is 2. The van der Waals surface area contributed by atoms with E-state index in [2.05, 4.69) is 20.4 Å². The fourth-order valence-corrected chi connectivity index (χ4v) is 3.93. The third-order valence-electron chi connectivity index (χ3n) is 4.39. The van der Waals surface area contributed by atoms with Crippen LogP contribution in [0.4, 0.5) is 11.4 Å². The molecule has 1 amide bonds. The number of anilines is 2. The third kappa shape index (κ3) is 5.26. The first-order chi connectivity index (χ1) is 14.6. The molecule has 0 radical (unpaired) electrons. The van der Waals surface area contributed by atoms with Gasteiger partial charge in [-0.25, -0.2) is 0 Å². The van der Waals surface area contributed by atoms with Crippen molar-refractivity contribution in [2.45, 2.75) is 5.22 Å². The average Bonchev–Trinajstić information content (AvgIpc) is 3.22. The van der Waals surface area contributed by atoms with Gasteiger partial charge in [-0.15, -0.1) is 10.2 Å². The second-order valence-electron chi connectivity index (χ2n) is 6.48. The van der Waals surface area contributed by atoms with Crippen LogP contribution in [0.5, 0.6) is 0 Å². The molecule has 156 valence electrons. The van der Waals surface area contributed by atoms with Crippen LogP contribution in [-0.4, -0.2) is 48.2 Å². The number of ether oxygens (including phenoxy) is 1. The molecule has 3 aromatic rings. The van der Waals surface area contributed by atoms with Gasteiger partial charge < -0.3 is 19.4 Å². The van der Waals surface area contributed by atoms with Gasteiger partial charge in [-0.1, -0.05) is 41.0 Å². The van der Waals surface area contributed by atoms with Crippen LogP contribution in [0.25, 0.3) is 11.5 Å². The van der Waals surface area contributed by atoms with Crippen LogP contribution in [0.3, 0.4) is 0 Å². The molecule has 1 aliphatic heterocycles. The molecule has 4 rings (SSSR count). The minimum atomic E-state index is -0.195. The Morgan fingerprint density at radius 3 is 2.70 bits per heavy atom. The van der Waals surface area contributed by atoms with Crippen LogP contribution >= 0.6 is 35.0 Å². The zero-order chi connectivity index (χ0) is 20.9. The van der Waals surface area contributed by atoms with Gasteiger partial charge in [0.1, 0.15) is 0 Å². The van der Waals surface area contributed by atoms with E-state index in [0.717, 1.165) is 36.1 Å². The lowest BCUT2D eigenvalue weighted by molar-refractivity contribution is -0.113. The van der Waals surface area contributed by atoms with E-state index in [1.54, 1.807) is 24.3 Å². The summed E-state index contributed by atoms with van der Waals surface area (Å²) in [7, 11) is 0. The molecule has 30 heavy (non-hydrogen) atoms. The number of morpholine rings is 1. The molecule has 0 spiro atoms. The number of amides is 1. The SMILES string of the molecule is O=C(CSc1nnc(-c2cccc(Cl)c2)o1)Nc1cc(Cl)ccc1N1CCOCC1. The molecule has 1 saturated heterocycles. The van der Waals surface area contributed by atoms with Gasteiger partial charge in [0.05, 0.1) is 30.3 Å². The van der Waals surface area contributed by atoms with E-state index in [-0.39, 0.29) is 11.7 Å². The normalized spacial score (nSPS) is 14.0. The summed E-state index contributed by atoms with van der Waals surface area (Å²) in [6.45, 7) is 2.82. The Balaban J connectivity index is 1.39. The first-order valence-electron chi connectivity index (χ1n) is 9.23. The van der Waals surface area contributed by atoms with E-state index in [0.29, 0.717) is 40.1 Å². The number of carbonyl (C=O) groups is 1. The Labute approximate surface area is 187 Å². The lowest BCUT2D eigenvalue weighted by Crippen LogP contribution is -2.36. The van der Waals surface area contributed by atoms with Crippen LogP contribution in [0.15, 0.2) is 52.1 Å². The smallest absolute Gasteiger partial charge is 0.277 e. The molecule has 0 bridgehead atoms. The number of hydrogen-bond acceptors (Lipinski definition) is 7. The number of hydrogen-bond donors (Lipinski definition) is 1. The Kier molecular flexibility index (Phi) is 6.79. The quantitative estimate of drug-likeness (QED) is 0.533. The van der Waals surface area contributed by atoms with Crippen molar-refractivity contribution >= 4 is 52.2 Å². The molecular formula is C20H18Cl2N4O3S. The lowest BCUT2D eigenvalue weighted by Gasteiger charge is -2.30. The topological polar surface area (TPSA) is 80.5 Å². The maximum Gasteiger partial charge on any atom is 0.277 e. The predicted octanol–water partition coefficient (Wildman–Crippen LogP) is 4.61. The molecule has 7 nitrogen and oxygen atoms in total. The first kappa shape index (κ1) is 21.0. The second kappa shape index (κ2) is 9.70. The van der Waals surface area contributed by atoms with Crippen molar-refractivity contribution in [3.05, 3.63) is 52.5 Å². The Morgan fingerprint density at radius 1 is 1.10 bits per heavy atom. The number of thioether (sulfide) groups is 1. The predicted molar refractivity (Wildman–Crippen MR) is 119 cm³/mol. The number of nitrogens with one attached hydrogen (secondary N) is 1. The monoisotopic (exact) mass is 464 g/mol. The molecule has 1 aromatic heterocycles. The molecule has 1 aliphatic rings. The van der Waals surface area contributed by atoms with Crippen molar-refractivity contribution in [1.82, 2.24) is 10.2 Å². The van der Waals surface area contributed by atoms with Crippen molar-refractivity contribution < 1.29 is 13.9 Å². The standard InChI is InChI=1S/C20H18Cl2N4O3S/c21-14-3-1-2-13(10-14)19-24-25-20(29-19)30-12-18(27)23-16-11-15(22)4-5-17(16)26-6-8-28-9-7-26/h1-5,10-11H,6-9,12H2,(H,23,27). The molecule has 2 heterocycles. The summed E-state index contributed by atoms with van der Waals surface area (Å²) in [5.74, 6) is 0.274. The average molecular weight is 465 g/mol. The van der Waals surface area contributed by atoms with Gasteiger partial charge in [-0.2, -0.15) is 0 Å². The van der Waals surface area contributed by atoms with Crippen molar-refractivity contribution in [3.63, 3.8) is 0 Å². The fraction of sp³-hybridized carbons (Fsp3) is 0.250. The van der Waals surface area contributed by atoms with Gasteiger partial charge in [0.2, 0.25) is 11.8 Å². The van der Waals surface area contributed by atoms with Gasteiger partial charge in [0, 0.05) is 28.7 Å². The molecule has 0 aliphatic carbocycles. The summed E-state index contributed by atoms with van der Waals surface area (Å²) >= 11 is 13.3. The van der Waals surface area contributed by atoms with E-state index in [1.807, 2.05) is 18.2 Å². The van der Waals surface area contributed by atoms with Crippen molar-refractivity contribution in [3.8, 4) is 11.5 Å². The molecule has 0 saturated carbocycles. The number of benzene rings is 2. The second-order valence-corrected chi connectivity index (χ2v) is 8.28. The summed E-state index contributed by atoms with van der Waals surface area (Å²) in [6, 6.07) is 12.6. The third-order valence-corrected chi connectivity index (χ3v) is 5.68. The van der Waals surface area contributed by atoms with Crippen molar-refractivity contribution in [2.24, 2.45) is 0 Å². The minimum absolute atomic E-state index is 0.117. The lowest BCUT2D eigenvalue weighted by atomic mass is 10.2. The fourth-order valence-electron chi connectivity index (χ4n) is 3.01. The number of nitrogens with zero attached hydrogens (tertiary/aromatic N) is 3. The Morgan fingerprint density at radius 2 is 1.90 bits per heavy atom. The van der Waals surface area contributed by atoms with E-state index in [4.69, 9.17) is 32.4 Å². The van der Waals surface area contributed by atoms with Crippen LogP contribution in [0, 0.1) is 0 Å². The van der Waals surface area contributed by atoms with Crippen molar-refractivity contribution in [2.75, 3.05) is 42.3 Å². The highest BCUT2D eigenvalue weighted by Gasteiger charge is 2.17. The highest BCUT2D eigenvalue weighted by atomic mass is 35.5. The van der Waals surface area contributed by atoms with Gasteiger partial charge >= 0.3 is 0 Å². The molecule has 0 atom stereocenters. The zero-order valence-corrected chi connectivity index (χ0v) is 18.1. The van der Waals surface area contributed by atoms with Crippen LogP contribution < -0.4 is 10.2 Å². The van der Waals surface area contributed by atoms with Gasteiger partial charge in [-0.3, -0.25) is 4.79 Å². The summed E-state index contributed by atoms with van der Waals surface area (Å²) in [6.07, 6.45) is 0. The highest BCUT2D eigenvalue weighted by Crippen LogP contribution is 2.30. The van der Waals surface area contributed by atoms with E-state index >= 15 is 0 Å².